The number of aliphatic hydroxyl groups is 1. The predicted molar refractivity (Wildman–Crippen MR) is 102 cm³/mol. The van der Waals surface area contributed by atoms with Crippen molar-refractivity contribution < 1.29 is 9.90 Å². The van der Waals surface area contributed by atoms with E-state index in [0.717, 1.165) is 0 Å². The van der Waals surface area contributed by atoms with E-state index < -0.39 is 0 Å². The van der Waals surface area contributed by atoms with Crippen LogP contribution in [0, 0.1) is 0 Å². The van der Waals surface area contributed by atoms with Crippen molar-refractivity contribution in [3.05, 3.63) is 118 Å². The zero-order valence-electron chi connectivity index (χ0n) is 14.7. The summed E-state index contributed by atoms with van der Waals surface area (Å²) in [6, 6.07) is 16.2. The third kappa shape index (κ3) is 3.22. The summed E-state index contributed by atoms with van der Waals surface area (Å²) in [4.78, 5) is 24.0. The summed E-state index contributed by atoms with van der Waals surface area (Å²) in [6.45, 7) is 0. The van der Waals surface area contributed by atoms with Crippen molar-refractivity contribution in [2.45, 2.75) is 0 Å². The van der Waals surface area contributed by atoms with Crippen LogP contribution in [0.2, 0.25) is 0 Å². The van der Waals surface area contributed by atoms with Gasteiger partial charge in [-0.05, 0) is 24.3 Å². The molecule has 0 aliphatic carbocycles. The van der Waals surface area contributed by atoms with Gasteiger partial charge in [0.05, 0.1) is 10.7 Å². The van der Waals surface area contributed by atoms with Crippen LogP contribution in [0.25, 0.3) is 0 Å². The summed E-state index contributed by atoms with van der Waals surface area (Å²) in [5.41, 5.74) is 1.09. The lowest BCUT2D eigenvalue weighted by atomic mass is 9.98. The number of nitrogens with zero attached hydrogens (tertiary/aromatic N) is 3. The molecule has 27 heavy (non-hydrogen) atoms. The Kier molecular flexibility index (Phi) is 4.26. The number of carbonyl (C=O) groups excluding carboxylic acids is 1. The minimum absolute atomic E-state index is 0.0891. The Bertz CT molecular complexity index is 1100. The Morgan fingerprint density at radius 2 is 1.44 bits per heavy atom. The standard InChI is InChI=1S/C22H17N3O2/c1-25-13-11-16(12-14-25)21(27)19(20(26)15-7-3-2-4-8-15)22-23-17-9-5-6-10-18(17)24-22/h2-14,27H,1H3. The van der Waals surface area contributed by atoms with E-state index >= 15 is 0 Å². The van der Waals surface area contributed by atoms with Crippen LogP contribution in [0.4, 0.5) is 0 Å². The second kappa shape index (κ2) is 6.88. The maximum Gasteiger partial charge on any atom is 0.200 e. The van der Waals surface area contributed by atoms with Crippen molar-refractivity contribution in [1.29, 1.82) is 0 Å². The SMILES string of the molecule is CN1C=CC(=C(O)C(C(=O)c2ccccc2)=C2N=c3ccccc3=N2)C=C1. The topological polar surface area (TPSA) is 65.3 Å². The quantitative estimate of drug-likeness (QED) is 0.523. The van der Waals surface area contributed by atoms with Gasteiger partial charge in [-0.1, -0.05) is 42.5 Å². The summed E-state index contributed by atoms with van der Waals surface area (Å²) in [6.07, 6.45) is 7.10. The average Bonchev–Trinajstić information content (AvgIpc) is 3.12. The number of carbonyl (C=O) groups is 1. The Labute approximate surface area is 156 Å². The fourth-order valence-corrected chi connectivity index (χ4v) is 2.87. The van der Waals surface area contributed by atoms with Crippen LogP contribution in [0.15, 0.2) is 112 Å². The first-order valence-electron chi connectivity index (χ1n) is 8.52. The summed E-state index contributed by atoms with van der Waals surface area (Å²) in [7, 11) is 1.88. The Balaban J connectivity index is 1.93. The van der Waals surface area contributed by atoms with Gasteiger partial charge in [-0.15, -0.1) is 0 Å². The lowest BCUT2D eigenvalue weighted by molar-refractivity contribution is 0.102. The second-order valence-electron chi connectivity index (χ2n) is 6.21. The van der Waals surface area contributed by atoms with Crippen molar-refractivity contribution in [1.82, 2.24) is 4.90 Å². The van der Waals surface area contributed by atoms with Crippen molar-refractivity contribution in [2.24, 2.45) is 9.98 Å². The number of rotatable bonds is 3. The van der Waals surface area contributed by atoms with Gasteiger partial charge in [0.1, 0.15) is 11.3 Å². The summed E-state index contributed by atoms with van der Waals surface area (Å²) >= 11 is 0. The number of hydrogen-bond donors (Lipinski definition) is 1. The molecule has 0 aromatic heterocycles. The number of hydrogen-bond acceptors (Lipinski definition) is 5. The van der Waals surface area contributed by atoms with Crippen molar-refractivity contribution in [2.75, 3.05) is 7.05 Å². The molecule has 0 unspecified atom stereocenters. The maximum atomic E-state index is 13.2. The number of allylic oxidation sites excluding steroid dienone is 4. The molecule has 4 rings (SSSR count). The predicted octanol–water partition coefficient (Wildman–Crippen LogP) is 2.82. The Morgan fingerprint density at radius 3 is 2.04 bits per heavy atom. The van der Waals surface area contributed by atoms with Crippen molar-refractivity contribution >= 4 is 5.78 Å². The summed E-state index contributed by atoms with van der Waals surface area (Å²) in [5.74, 6) is -0.243. The van der Waals surface area contributed by atoms with Crippen LogP contribution in [0.1, 0.15) is 10.4 Å². The van der Waals surface area contributed by atoms with E-state index in [1.807, 2.05) is 42.3 Å². The number of para-hydroxylation sites is 2. The number of benzene rings is 2. The number of fused-ring (bicyclic) bond motifs is 1. The van der Waals surface area contributed by atoms with E-state index in [0.29, 0.717) is 21.9 Å². The van der Waals surface area contributed by atoms with Gasteiger partial charge < -0.3 is 10.0 Å². The molecule has 0 spiro atoms. The molecule has 5 nitrogen and oxygen atoms in total. The fourth-order valence-electron chi connectivity index (χ4n) is 2.87. The number of ketones is 1. The molecule has 0 saturated carbocycles. The molecule has 2 aliphatic rings. The molecule has 2 aromatic rings. The zero-order chi connectivity index (χ0) is 18.8. The second-order valence-corrected chi connectivity index (χ2v) is 6.21. The molecule has 0 radical (unpaired) electrons. The minimum Gasteiger partial charge on any atom is -0.506 e. The van der Waals surface area contributed by atoms with Crippen LogP contribution in [0.3, 0.4) is 0 Å². The molecule has 5 heteroatoms. The van der Waals surface area contributed by atoms with Crippen LogP contribution in [-0.4, -0.2) is 22.8 Å². The first kappa shape index (κ1) is 16.7. The Hall–Kier alpha value is -3.73. The molecule has 132 valence electrons. The highest BCUT2D eigenvalue weighted by Gasteiger charge is 2.24. The van der Waals surface area contributed by atoms with E-state index in [9.17, 15) is 9.90 Å². The molecule has 0 atom stereocenters. The number of Topliss-reactive ketones (excluding diaryl/α,β-unsaturated/α-hetero) is 1. The zero-order valence-corrected chi connectivity index (χ0v) is 14.7. The van der Waals surface area contributed by atoms with E-state index in [1.54, 1.807) is 48.8 Å². The van der Waals surface area contributed by atoms with Crippen molar-refractivity contribution in [3.8, 4) is 0 Å². The van der Waals surface area contributed by atoms with Gasteiger partial charge in [-0.2, -0.15) is 0 Å². The van der Waals surface area contributed by atoms with Crippen LogP contribution in [0.5, 0.6) is 0 Å². The third-order valence-electron chi connectivity index (χ3n) is 4.31. The molecule has 2 aliphatic heterocycles. The molecular formula is C22H17N3O2. The summed E-state index contributed by atoms with van der Waals surface area (Å²) in [5, 5.41) is 12.3. The normalized spacial score (nSPS) is 14.5. The molecule has 0 saturated heterocycles. The maximum absolute atomic E-state index is 13.2. The molecule has 0 amide bonds. The monoisotopic (exact) mass is 355 g/mol. The van der Waals surface area contributed by atoms with E-state index in [2.05, 4.69) is 9.98 Å². The van der Waals surface area contributed by atoms with Crippen LogP contribution >= 0.6 is 0 Å². The molecule has 1 N–H and O–H groups in total. The smallest absolute Gasteiger partial charge is 0.200 e. The molecule has 2 aromatic carbocycles. The highest BCUT2D eigenvalue weighted by atomic mass is 16.3. The summed E-state index contributed by atoms with van der Waals surface area (Å²) < 4.78 is 0. The van der Waals surface area contributed by atoms with E-state index in [1.165, 1.54) is 0 Å². The Morgan fingerprint density at radius 1 is 0.889 bits per heavy atom. The molecule has 0 bridgehead atoms. The van der Waals surface area contributed by atoms with Gasteiger partial charge in [0, 0.05) is 30.6 Å². The third-order valence-corrected chi connectivity index (χ3v) is 4.31. The largest absolute Gasteiger partial charge is 0.506 e. The first-order valence-corrected chi connectivity index (χ1v) is 8.52. The lowest BCUT2D eigenvalue weighted by Gasteiger charge is -2.15. The van der Waals surface area contributed by atoms with Gasteiger partial charge in [-0.3, -0.25) is 4.79 Å². The number of aliphatic hydroxyl groups excluding tert-OH is 1. The highest BCUT2D eigenvalue weighted by molar-refractivity contribution is 6.11. The van der Waals surface area contributed by atoms with Crippen LogP contribution < -0.4 is 10.7 Å². The molecule has 0 fully saturated rings. The minimum atomic E-state index is -0.323. The molecule has 2 heterocycles. The van der Waals surface area contributed by atoms with Gasteiger partial charge in [0.25, 0.3) is 0 Å². The first-order chi connectivity index (χ1) is 13.1. The average molecular weight is 355 g/mol. The van der Waals surface area contributed by atoms with E-state index in [-0.39, 0.29) is 22.9 Å². The highest BCUT2D eigenvalue weighted by Crippen LogP contribution is 2.25. The van der Waals surface area contributed by atoms with Gasteiger partial charge in [0.15, 0.2) is 5.82 Å². The van der Waals surface area contributed by atoms with Crippen molar-refractivity contribution in [3.63, 3.8) is 0 Å². The fraction of sp³-hybridized carbons (Fsp3) is 0.0455. The van der Waals surface area contributed by atoms with Gasteiger partial charge in [0.2, 0.25) is 5.78 Å². The van der Waals surface area contributed by atoms with Crippen LogP contribution in [-0.2, 0) is 0 Å². The van der Waals surface area contributed by atoms with Gasteiger partial charge in [-0.25, -0.2) is 9.98 Å². The van der Waals surface area contributed by atoms with Gasteiger partial charge >= 0.3 is 0 Å². The molecular weight excluding hydrogens is 338 g/mol. The lowest BCUT2D eigenvalue weighted by Crippen LogP contribution is -2.19. The van der Waals surface area contributed by atoms with E-state index in [4.69, 9.17) is 0 Å².